The summed E-state index contributed by atoms with van der Waals surface area (Å²) in [4.78, 5) is 12.2. The molecule has 0 spiro atoms. The molecule has 0 radical (unpaired) electrons. The lowest BCUT2D eigenvalue weighted by Crippen LogP contribution is -2.16. The van der Waals surface area contributed by atoms with Gasteiger partial charge in [-0.1, -0.05) is 5.16 Å². The van der Waals surface area contributed by atoms with Crippen LogP contribution in [0.1, 0.15) is 28.9 Å². The molecule has 1 atom stereocenters. The number of carbonyl (C=O) groups is 1. The highest BCUT2D eigenvalue weighted by Crippen LogP contribution is 2.21. The summed E-state index contributed by atoms with van der Waals surface area (Å²) < 4.78 is 26.9. The number of benzene rings is 1. The van der Waals surface area contributed by atoms with Gasteiger partial charge in [0.15, 0.2) is 5.76 Å². The van der Waals surface area contributed by atoms with Crippen molar-refractivity contribution in [3.63, 3.8) is 0 Å². The third-order valence-corrected chi connectivity index (χ3v) is 4.22. The minimum atomic E-state index is -0.441. The molecular formula is C20H19NO6. The third-order valence-electron chi connectivity index (χ3n) is 4.22. The van der Waals surface area contributed by atoms with Crippen LogP contribution in [0.5, 0.6) is 5.75 Å². The average molecular weight is 369 g/mol. The molecule has 1 aliphatic rings. The second-order valence-corrected chi connectivity index (χ2v) is 6.21. The van der Waals surface area contributed by atoms with E-state index >= 15 is 0 Å². The number of esters is 1. The number of furan rings is 1. The van der Waals surface area contributed by atoms with Gasteiger partial charge in [-0.15, -0.1) is 0 Å². The normalized spacial score (nSPS) is 16.4. The molecule has 1 aromatic carbocycles. The minimum Gasteiger partial charge on any atom is -0.491 e. The van der Waals surface area contributed by atoms with E-state index in [2.05, 4.69) is 5.16 Å². The van der Waals surface area contributed by atoms with Crippen molar-refractivity contribution in [3.05, 3.63) is 60.0 Å². The zero-order valence-electron chi connectivity index (χ0n) is 14.6. The monoisotopic (exact) mass is 369 g/mol. The van der Waals surface area contributed by atoms with Crippen molar-refractivity contribution in [1.29, 1.82) is 0 Å². The third kappa shape index (κ3) is 4.38. The first-order chi connectivity index (χ1) is 13.3. The first-order valence-corrected chi connectivity index (χ1v) is 8.79. The van der Waals surface area contributed by atoms with Crippen LogP contribution < -0.4 is 4.74 Å². The van der Waals surface area contributed by atoms with Gasteiger partial charge in [0.2, 0.25) is 5.76 Å². The van der Waals surface area contributed by atoms with Gasteiger partial charge in [-0.25, -0.2) is 4.79 Å². The maximum atomic E-state index is 12.2. The second kappa shape index (κ2) is 8.09. The van der Waals surface area contributed by atoms with Gasteiger partial charge in [0.25, 0.3) is 0 Å². The topological polar surface area (TPSA) is 83.9 Å². The van der Waals surface area contributed by atoms with E-state index in [4.69, 9.17) is 23.2 Å². The Hall–Kier alpha value is -3.06. The van der Waals surface area contributed by atoms with Gasteiger partial charge in [-0.2, -0.15) is 0 Å². The van der Waals surface area contributed by atoms with Crippen LogP contribution >= 0.6 is 0 Å². The Morgan fingerprint density at radius 3 is 2.81 bits per heavy atom. The Morgan fingerprint density at radius 2 is 2.07 bits per heavy atom. The maximum absolute atomic E-state index is 12.2. The fourth-order valence-electron chi connectivity index (χ4n) is 2.79. The summed E-state index contributed by atoms with van der Waals surface area (Å²) in [5.41, 5.74) is 0.945. The predicted octanol–water partition coefficient (Wildman–Crippen LogP) is 3.85. The summed E-state index contributed by atoms with van der Waals surface area (Å²) in [5.74, 6) is 1.31. The van der Waals surface area contributed by atoms with E-state index in [0.29, 0.717) is 35.1 Å². The summed E-state index contributed by atoms with van der Waals surface area (Å²) in [6.45, 7) is 1.33. The molecule has 3 aromatic rings. The second-order valence-electron chi connectivity index (χ2n) is 6.21. The molecule has 1 fully saturated rings. The number of aromatic nitrogens is 1. The van der Waals surface area contributed by atoms with Crippen molar-refractivity contribution in [3.8, 4) is 17.3 Å². The molecule has 27 heavy (non-hydrogen) atoms. The Morgan fingerprint density at radius 1 is 1.19 bits per heavy atom. The fourth-order valence-corrected chi connectivity index (χ4v) is 2.79. The molecule has 7 heteroatoms. The quantitative estimate of drug-likeness (QED) is 0.585. The summed E-state index contributed by atoms with van der Waals surface area (Å²) in [5, 5.41) is 3.87. The van der Waals surface area contributed by atoms with E-state index in [-0.39, 0.29) is 12.7 Å². The standard InChI is InChI=1S/C20H19NO6/c22-20(26-12-15-11-19(27-21-15)18-4-2-10-24-18)14-5-7-16(8-6-14)25-13-17-3-1-9-23-17/h2,4-8,10-11,17H,1,3,9,12-13H2/t17-/m1/s1. The molecule has 0 bridgehead atoms. The molecule has 7 nitrogen and oxygen atoms in total. The lowest BCUT2D eigenvalue weighted by atomic mass is 10.2. The summed E-state index contributed by atoms with van der Waals surface area (Å²) in [6, 6.07) is 12.0. The Balaban J connectivity index is 1.28. The lowest BCUT2D eigenvalue weighted by molar-refractivity contribution is 0.0464. The highest BCUT2D eigenvalue weighted by atomic mass is 16.5. The van der Waals surface area contributed by atoms with Crippen LogP contribution in [0.15, 0.2) is 57.7 Å². The van der Waals surface area contributed by atoms with Gasteiger partial charge in [0.1, 0.15) is 24.7 Å². The van der Waals surface area contributed by atoms with Crippen molar-refractivity contribution >= 4 is 5.97 Å². The number of hydrogen-bond donors (Lipinski definition) is 0. The molecule has 1 aliphatic heterocycles. The molecule has 3 heterocycles. The van der Waals surface area contributed by atoms with Crippen LogP contribution in [0.25, 0.3) is 11.5 Å². The van der Waals surface area contributed by atoms with Gasteiger partial charge < -0.3 is 23.2 Å². The first kappa shape index (κ1) is 17.4. The zero-order valence-corrected chi connectivity index (χ0v) is 14.6. The van der Waals surface area contributed by atoms with Crippen LogP contribution in [0.2, 0.25) is 0 Å². The van der Waals surface area contributed by atoms with E-state index in [9.17, 15) is 4.79 Å². The minimum absolute atomic E-state index is 0.0142. The van der Waals surface area contributed by atoms with Gasteiger partial charge >= 0.3 is 5.97 Å². The highest BCUT2D eigenvalue weighted by molar-refractivity contribution is 5.89. The summed E-state index contributed by atoms with van der Waals surface area (Å²) in [7, 11) is 0. The molecule has 0 N–H and O–H groups in total. The van der Waals surface area contributed by atoms with E-state index < -0.39 is 5.97 Å². The van der Waals surface area contributed by atoms with Crippen LogP contribution in [0.3, 0.4) is 0 Å². The molecule has 0 aliphatic carbocycles. The van der Waals surface area contributed by atoms with Crippen molar-refractivity contribution in [2.75, 3.05) is 13.2 Å². The fraction of sp³-hybridized carbons (Fsp3) is 0.300. The number of nitrogens with zero attached hydrogens (tertiary/aromatic N) is 1. The molecule has 2 aromatic heterocycles. The largest absolute Gasteiger partial charge is 0.491 e. The van der Waals surface area contributed by atoms with Gasteiger partial charge in [0.05, 0.1) is 17.9 Å². The first-order valence-electron chi connectivity index (χ1n) is 8.79. The maximum Gasteiger partial charge on any atom is 0.338 e. The zero-order chi connectivity index (χ0) is 18.5. The lowest BCUT2D eigenvalue weighted by Gasteiger charge is -2.11. The van der Waals surface area contributed by atoms with Crippen LogP contribution in [-0.2, 0) is 16.1 Å². The van der Waals surface area contributed by atoms with Crippen molar-refractivity contribution in [1.82, 2.24) is 5.16 Å². The van der Waals surface area contributed by atoms with Gasteiger partial charge in [-0.3, -0.25) is 0 Å². The smallest absolute Gasteiger partial charge is 0.338 e. The van der Waals surface area contributed by atoms with E-state index in [1.54, 1.807) is 48.7 Å². The van der Waals surface area contributed by atoms with Gasteiger partial charge in [-0.05, 0) is 49.2 Å². The number of hydrogen-bond acceptors (Lipinski definition) is 7. The van der Waals surface area contributed by atoms with E-state index in [1.165, 1.54) is 0 Å². The van der Waals surface area contributed by atoms with Crippen molar-refractivity contribution < 1.29 is 27.9 Å². The molecule has 140 valence electrons. The van der Waals surface area contributed by atoms with E-state index in [1.807, 2.05) is 0 Å². The molecule has 0 amide bonds. The van der Waals surface area contributed by atoms with Gasteiger partial charge in [0, 0.05) is 12.7 Å². The molecular weight excluding hydrogens is 350 g/mol. The van der Waals surface area contributed by atoms with Crippen molar-refractivity contribution in [2.24, 2.45) is 0 Å². The Kier molecular flexibility index (Phi) is 5.20. The number of rotatable bonds is 7. The SMILES string of the molecule is O=C(OCc1cc(-c2ccco2)on1)c1ccc(OC[C@H]2CCCO2)cc1. The van der Waals surface area contributed by atoms with Crippen LogP contribution in [0, 0.1) is 0 Å². The number of ether oxygens (including phenoxy) is 3. The highest BCUT2D eigenvalue weighted by Gasteiger charge is 2.16. The molecule has 0 saturated carbocycles. The predicted molar refractivity (Wildman–Crippen MR) is 94.2 cm³/mol. The summed E-state index contributed by atoms with van der Waals surface area (Å²) >= 11 is 0. The number of carbonyl (C=O) groups excluding carboxylic acids is 1. The molecule has 4 rings (SSSR count). The Bertz CT molecular complexity index is 862. The van der Waals surface area contributed by atoms with Crippen LogP contribution in [-0.4, -0.2) is 30.4 Å². The van der Waals surface area contributed by atoms with Crippen molar-refractivity contribution in [2.45, 2.75) is 25.6 Å². The molecule has 1 saturated heterocycles. The van der Waals surface area contributed by atoms with Crippen LogP contribution in [0.4, 0.5) is 0 Å². The Labute approximate surface area is 155 Å². The van der Waals surface area contributed by atoms with E-state index in [0.717, 1.165) is 19.4 Å². The molecule has 0 unspecified atom stereocenters. The summed E-state index contributed by atoms with van der Waals surface area (Å²) in [6.07, 6.45) is 3.80. The average Bonchev–Trinajstić information content (AvgIpc) is 3.47.